The maximum Gasteiger partial charge on any atom is 0.255 e. The van der Waals surface area contributed by atoms with Crippen LogP contribution in [-0.2, 0) is 7.05 Å². The summed E-state index contributed by atoms with van der Waals surface area (Å²) < 4.78 is 1.61. The number of nitrogens with zero attached hydrogens (tertiary/aromatic N) is 2. The van der Waals surface area contributed by atoms with Gasteiger partial charge in [0.1, 0.15) is 5.69 Å². The summed E-state index contributed by atoms with van der Waals surface area (Å²) in [4.78, 5) is 12.5. The Bertz CT molecular complexity index is 714. The number of benzene rings is 1. The predicted molar refractivity (Wildman–Crippen MR) is 89.3 cm³/mol. The summed E-state index contributed by atoms with van der Waals surface area (Å²) in [5.74, 6) is -0.0495. The molecule has 1 aliphatic carbocycles. The molecule has 0 saturated heterocycles. The summed E-state index contributed by atoms with van der Waals surface area (Å²) >= 11 is 6.23. The van der Waals surface area contributed by atoms with Crippen LogP contribution in [0.5, 0.6) is 0 Å². The minimum Gasteiger partial charge on any atom is -0.393 e. The van der Waals surface area contributed by atoms with Crippen molar-refractivity contribution in [1.29, 1.82) is 0 Å². The van der Waals surface area contributed by atoms with Gasteiger partial charge in [-0.25, -0.2) is 0 Å². The lowest BCUT2D eigenvalue weighted by Gasteiger charge is -2.15. The first-order chi connectivity index (χ1) is 11.1. The lowest BCUT2D eigenvalue weighted by atomic mass is 10.1. The maximum atomic E-state index is 12.5. The van der Waals surface area contributed by atoms with Crippen LogP contribution in [0.25, 0.3) is 11.3 Å². The van der Waals surface area contributed by atoms with Gasteiger partial charge in [-0.15, -0.1) is 0 Å². The van der Waals surface area contributed by atoms with Crippen LogP contribution in [0, 0.1) is 5.92 Å². The summed E-state index contributed by atoms with van der Waals surface area (Å²) in [6, 6.07) is 7.34. The average Bonchev–Trinajstić information content (AvgIpc) is 3.11. The van der Waals surface area contributed by atoms with Crippen molar-refractivity contribution in [3.8, 4) is 11.3 Å². The van der Waals surface area contributed by atoms with Gasteiger partial charge in [-0.1, -0.05) is 36.2 Å². The molecule has 1 heterocycles. The van der Waals surface area contributed by atoms with Crippen molar-refractivity contribution in [3.05, 3.63) is 41.0 Å². The fourth-order valence-corrected chi connectivity index (χ4v) is 3.31. The summed E-state index contributed by atoms with van der Waals surface area (Å²) in [5.41, 5.74) is 1.80. The maximum absolute atomic E-state index is 12.5. The number of halogens is 1. The molecule has 1 aliphatic rings. The van der Waals surface area contributed by atoms with E-state index in [1.54, 1.807) is 24.0 Å². The molecule has 0 spiro atoms. The number of amides is 1. The molecule has 0 aliphatic heterocycles. The number of carbonyl (C=O) groups excluding carboxylic acids is 1. The van der Waals surface area contributed by atoms with Crippen LogP contribution in [0.3, 0.4) is 0 Å². The predicted octanol–water partition coefficient (Wildman–Crippen LogP) is 2.63. The van der Waals surface area contributed by atoms with Crippen molar-refractivity contribution in [1.82, 2.24) is 15.1 Å². The smallest absolute Gasteiger partial charge is 0.255 e. The van der Waals surface area contributed by atoms with Gasteiger partial charge in [0, 0.05) is 31.3 Å². The normalized spacial score (nSPS) is 20.7. The summed E-state index contributed by atoms with van der Waals surface area (Å²) in [6.45, 7) is 0.483. The molecule has 2 unspecified atom stereocenters. The Morgan fingerprint density at radius 2 is 2.22 bits per heavy atom. The highest BCUT2D eigenvalue weighted by Gasteiger charge is 2.26. The molecule has 5 nitrogen and oxygen atoms in total. The Kier molecular flexibility index (Phi) is 4.68. The van der Waals surface area contributed by atoms with Crippen LogP contribution in [0.2, 0.25) is 5.02 Å². The lowest BCUT2D eigenvalue weighted by molar-refractivity contribution is 0.0917. The highest BCUT2D eigenvalue weighted by molar-refractivity contribution is 6.33. The fourth-order valence-electron chi connectivity index (χ4n) is 3.08. The third kappa shape index (κ3) is 3.41. The standard InChI is InChI=1S/C17H20ClN3O2/c1-21-10-13(16(20-21)12-6-2-3-7-14(12)18)17(23)19-9-11-5-4-8-15(11)22/h2-3,6-7,10-11,15,22H,4-5,8-9H2,1H3,(H,19,23). The third-order valence-electron chi connectivity index (χ3n) is 4.35. The van der Waals surface area contributed by atoms with Gasteiger partial charge in [-0.05, 0) is 18.9 Å². The number of aromatic nitrogens is 2. The van der Waals surface area contributed by atoms with E-state index in [4.69, 9.17) is 11.6 Å². The van der Waals surface area contributed by atoms with Gasteiger partial charge < -0.3 is 10.4 Å². The Labute approximate surface area is 140 Å². The van der Waals surface area contributed by atoms with Crippen LogP contribution in [0.15, 0.2) is 30.5 Å². The lowest BCUT2D eigenvalue weighted by Crippen LogP contribution is -2.32. The summed E-state index contributed by atoms with van der Waals surface area (Å²) in [5, 5.41) is 17.7. The van der Waals surface area contributed by atoms with E-state index in [1.165, 1.54) is 0 Å². The molecule has 3 rings (SSSR count). The molecule has 1 saturated carbocycles. The van der Waals surface area contributed by atoms with E-state index in [9.17, 15) is 9.90 Å². The van der Waals surface area contributed by atoms with Gasteiger partial charge in [0.25, 0.3) is 5.91 Å². The van der Waals surface area contributed by atoms with Crippen molar-refractivity contribution >= 4 is 17.5 Å². The van der Waals surface area contributed by atoms with Crippen molar-refractivity contribution in [2.24, 2.45) is 13.0 Å². The number of aryl methyl sites for hydroxylation is 1. The van der Waals surface area contributed by atoms with Crippen LogP contribution in [0.4, 0.5) is 0 Å². The largest absolute Gasteiger partial charge is 0.393 e. The molecule has 1 aromatic carbocycles. The number of rotatable bonds is 4. The molecule has 0 radical (unpaired) electrons. The van der Waals surface area contributed by atoms with Crippen molar-refractivity contribution < 1.29 is 9.90 Å². The third-order valence-corrected chi connectivity index (χ3v) is 4.68. The Morgan fingerprint density at radius 1 is 1.43 bits per heavy atom. The molecule has 0 bridgehead atoms. The second kappa shape index (κ2) is 6.72. The SMILES string of the molecule is Cn1cc(C(=O)NCC2CCCC2O)c(-c2ccccc2Cl)n1. The van der Waals surface area contributed by atoms with Gasteiger partial charge in [-0.3, -0.25) is 9.48 Å². The molecule has 6 heteroatoms. The molecule has 2 N–H and O–H groups in total. The number of carbonyl (C=O) groups is 1. The van der Waals surface area contributed by atoms with E-state index in [0.29, 0.717) is 22.8 Å². The molecule has 23 heavy (non-hydrogen) atoms. The molecular formula is C17H20ClN3O2. The molecular weight excluding hydrogens is 314 g/mol. The molecule has 1 fully saturated rings. The molecule has 1 aromatic heterocycles. The number of hydrogen-bond acceptors (Lipinski definition) is 3. The van der Waals surface area contributed by atoms with E-state index in [0.717, 1.165) is 24.8 Å². The van der Waals surface area contributed by atoms with E-state index in [1.807, 2.05) is 18.2 Å². The summed E-state index contributed by atoms with van der Waals surface area (Å²) in [7, 11) is 1.78. The quantitative estimate of drug-likeness (QED) is 0.903. The van der Waals surface area contributed by atoms with E-state index < -0.39 is 0 Å². The van der Waals surface area contributed by atoms with E-state index in [2.05, 4.69) is 10.4 Å². The first-order valence-corrected chi connectivity index (χ1v) is 8.19. The van der Waals surface area contributed by atoms with Crippen LogP contribution < -0.4 is 5.32 Å². The fraction of sp³-hybridized carbons (Fsp3) is 0.412. The Hall–Kier alpha value is -1.85. The molecule has 2 atom stereocenters. The van der Waals surface area contributed by atoms with E-state index >= 15 is 0 Å². The first kappa shape index (κ1) is 16.0. The zero-order chi connectivity index (χ0) is 16.4. The second-order valence-corrected chi connectivity index (χ2v) is 6.42. The average molecular weight is 334 g/mol. The minimum absolute atomic E-state index is 0.138. The Balaban J connectivity index is 1.80. The van der Waals surface area contributed by atoms with Crippen molar-refractivity contribution in [3.63, 3.8) is 0 Å². The van der Waals surface area contributed by atoms with Crippen LogP contribution in [-0.4, -0.2) is 33.4 Å². The van der Waals surface area contributed by atoms with Gasteiger partial charge in [-0.2, -0.15) is 5.10 Å². The van der Waals surface area contributed by atoms with Crippen molar-refractivity contribution in [2.75, 3.05) is 6.54 Å². The van der Waals surface area contributed by atoms with Gasteiger partial charge >= 0.3 is 0 Å². The van der Waals surface area contributed by atoms with Crippen LogP contribution in [0.1, 0.15) is 29.6 Å². The topological polar surface area (TPSA) is 67.2 Å². The van der Waals surface area contributed by atoms with Crippen molar-refractivity contribution in [2.45, 2.75) is 25.4 Å². The van der Waals surface area contributed by atoms with E-state index in [-0.39, 0.29) is 17.9 Å². The minimum atomic E-state index is -0.313. The molecule has 122 valence electrons. The Morgan fingerprint density at radius 3 is 2.91 bits per heavy atom. The molecule has 1 amide bonds. The highest BCUT2D eigenvalue weighted by atomic mass is 35.5. The number of hydrogen-bond donors (Lipinski definition) is 2. The zero-order valence-corrected chi connectivity index (χ0v) is 13.8. The number of aliphatic hydroxyl groups excluding tert-OH is 1. The van der Waals surface area contributed by atoms with Crippen LogP contribution >= 0.6 is 11.6 Å². The summed E-state index contributed by atoms with van der Waals surface area (Å²) in [6.07, 6.45) is 4.16. The second-order valence-electron chi connectivity index (χ2n) is 6.01. The number of aliphatic hydroxyl groups is 1. The zero-order valence-electron chi connectivity index (χ0n) is 13.0. The van der Waals surface area contributed by atoms with Gasteiger partial charge in [0.05, 0.1) is 16.7 Å². The number of nitrogens with one attached hydrogen (secondary N) is 1. The monoisotopic (exact) mass is 333 g/mol. The van der Waals surface area contributed by atoms with Gasteiger partial charge in [0.15, 0.2) is 0 Å². The highest BCUT2D eigenvalue weighted by Crippen LogP contribution is 2.29. The molecule has 2 aromatic rings. The van der Waals surface area contributed by atoms with Gasteiger partial charge in [0.2, 0.25) is 0 Å². The first-order valence-electron chi connectivity index (χ1n) is 7.81.